The number of nitrogens with zero attached hydrogens (tertiary/aromatic N) is 3. The van der Waals surface area contributed by atoms with Crippen LogP contribution in [0, 0.1) is 5.82 Å². The van der Waals surface area contributed by atoms with Crippen LogP contribution >= 0.6 is 24.0 Å². The lowest BCUT2D eigenvalue weighted by molar-refractivity contribution is 0.412. The van der Waals surface area contributed by atoms with E-state index in [4.69, 9.17) is 23.2 Å². The second-order valence-corrected chi connectivity index (χ2v) is 7.34. The Morgan fingerprint density at radius 1 is 1.26 bits per heavy atom. The number of hydrogen-bond donors (Lipinski definition) is 3. The molecule has 0 spiro atoms. The fraction of sp³-hybridized carbons (Fsp3) is 0.500. The van der Waals surface area contributed by atoms with Crippen LogP contribution in [-0.2, 0) is 0 Å². The third-order valence-electron chi connectivity index (χ3n) is 5.20. The summed E-state index contributed by atoms with van der Waals surface area (Å²) < 4.78 is 16.4. The van der Waals surface area contributed by atoms with E-state index in [1.807, 2.05) is 0 Å². The first-order chi connectivity index (χ1) is 12.4. The van der Waals surface area contributed by atoms with E-state index in [9.17, 15) is 14.0 Å². The van der Waals surface area contributed by atoms with Crippen molar-refractivity contribution in [3.05, 3.63) is 37.7 Å². The number of aromatic nitrogens is 2. The van der Waals surface area contributed by atoms with Crippen molar-refractivity contribution in [1.29, 1.82) is 0 Å². The van der Waals surface area contributed by atoms with E-state index < -0.39 is 17.1 Å². The molecule has 1 atom stereocenters. The molecule has 0 bridgehead atoms. The van der Waals surface area contributed by atoms with Crippen LogP contribution in [0.25, 0.3) is 10.9 Å². The van der Waals surface area contributed by atoms with Crippen LogP contribution in [0.5, 0.6) is 0 Å². The Morgan fingerprint density at radius 3 is 2.52 bits per heavy atom. The van der Waals surface area contributed by atoms with Gasteiger partial charge in [0.15, 0.2) is 0 Å². The summed E-state index contributed by atoms with van der Waals surface area (Å²) >= 11 is 6.51. The van der Waals surface area contributed by atoms with E-state index in [2.05, 4.69) is 5.43 Å². The second kappa shape index (κ2) is 7.21. The Bertz CT molecular complexity index is 1000. The molecule has 4 rings (SSSR count). The van der Waals surface area contributed by atoms with Gasteiger partial charge in [-0.05, 0) is 31.7 Å². The van der Waals surface area contributed by atoms with Gasteiger partial charge in [-0.2, -0.15) is 4.68 Å². The Kier molecular flexibility index (Phi) is 5.29. The average molecular weight is 419 g/mol. The molecule has 1 saturated carbocycles. The number of benzene rings is 1. The molecule has 5 N–H and O–H groups in total. The monoisotopic (exact) mass is 418 g/mol. The van der Waals surface area contributed by atoms with Gasteiger partial charge in [0.05, 0.1) is 16.1 Å². The predicted molar refractivity (Wildman–Crippen MR) is 107 cm³/mol. The molecule has 1 aromatic carbocycles. The maximum absolute atomic E-state index is 14.8. The molecule has 0 amide bonds. The minimum Gasteiger partial charge on any atom is -0.366 e. The number of fused-ring (bicyclic) bond motifs is 1. The first-order valence-corrected chi connectivity index (χ1v) is 8.98. The summed E-state index contributed by atoms with van der Waals surface area (Å²) in [4.78, 5) is 26.7. The minimum atomic E-state index is -0.790. The van der Waals surface area contributed by atoms with Crippen LogP contribution in [0.15, 0.2) is 15.7 Å². The van der Waals surface area contributed by atoms with Gasteiger partial charge < -0.3 is 21.9 Å². The largest absolute Gasteiger partial charge is 0.368 e. The number of hydrogen-bond acceptors (Lipinski definition) is 6. The van der Waals surface area contributed by atoms with Gasteiger partial charge in [-0.25, -0.2) is 13.9 Å². The van der Waals surface area contributed by atoms with Gasteiger partial charge in [-0.1, -0.05) is 11.6 Å². The fourth-order valence-electron chi connectivity index (χ4n) is 3.52. The molecular formula is C16H21Cl2FN6O2. The highest BCUT2D eigenvalue weighted by molar-refractivity contribution is 6.38. The molecule has 1 aliphatic heterocycles. The van der Waals surface area contributed by atoms with Crippen molar-refractivity contribution in [2.75, 3.05) is 29.3 Å². The quantitative estimate of drug-likeness (QED) is 0.633. The summed E-state index contributed by atoms with van der Waals surface area (Å²) in [7, 11) is 0. The summed E-state index contributed by atoms with van der Waals surface area (Å²) in [6.45, 7) is 1.01. The lowest BCUT2D eigenvalue weighted by Crippen LogP contribution is -2.50. The molecule has 2 aliphatic rings. The normalized spacial score (nSPS) is 19.8. The maximum Gasteiger partial charge on any atom is 0.368 e. The van der Waals surface area contributed by atoms with Crippen molar-refractivity contribution in [1.82, 2.24) is 9.35 Å². The van der Waals surface area contributed by atoms with Crippen LogP contribution in [0.2, 0.25) is 5.02 Å². The molecule has 1 unspecified atom stereocenters. The minimum absolute atomic E-state index is 0. The van der Waals surface area contributed by atoms with Crippen LogP contribution in [0.1, 0.15) is 25.7 Å². The lowest BCUT2D eigenvalue weighted by Gasteiger charge is -2.29. The van der Waals surface area contributed by atoms with Crippen LogP contribution in [0.4, 0.5) is 10.1 Å². The van der Waals surface area contributed by atoms with E-state index in [0.29, 0.717) is 24.2 Å². The molecular weight excluding hydrogens is 398 g/mol. The zero-order valence-electron chi connectivity index (χ0n) is 14.5. The molecule has 27 heavy (non-hydrogen) atoms. The van der Waals surface area contributed by atoms with E-state index in [1.54, 1.807) is 4.90 Å². The number of anilines is 1. The zero-order valence-corrected chi connectivity index (χ0v) is 16.0. The van der Waals surface area contributed by atoms with Gasteiger partial charge in [0, 0.05) is 25.2 Å². The summed E-state index contributed by atoms with van der Waals surface area (Å²) in [5.74, 6) is 4.96. The van der Waals surface area contributed by atoms with Gasteiger partial charge in [-0.3, -0.25) is 4.79 Å². The Balaban J connectivity index is 0.00000210. The first kappa shape index (κ1) is 19.8. The Morgan fingerprint density at radius 2 is 1.96 bits per heavy atom. The van der Waals surface area contributed by atoms with Crippen molar-refractivity contribution in [2.24, 2.45) is 5.73 Å². The highest BCUT2D eigenvalue weighted by atomic mass is 35.5. The highest BCUT2D eigenvalue weighted by Gasteiger charge is 2.28. The van der Waals surface area contributed by atoms with Crippen molar-refractivity contribution in [3.8, 4) is 0 Å². The van der Waals surface area contributed by atoms with Crippen LogP contribution in [-0.4, -0.2) is 34.5 Å². The molecule has 2 heterocycles. The van der Waals surface area contributed by atoms with E-state index >= 15 is 0 Å². The SMILES string of the molecule is Cl.NC1CCN(c2c(F)cc3c(=O)n(N)c(=O)n(NC4CCC4)c3c2Cl)C1. The van der Waals surface area contributed by atoms with Gasteiger partial charge in [0.1, 0.15) is 11.3 Å². The molecule has 1 saturated heterocycles. The Labute approximate surface area is 165 Å². The average Bonchev–Trinajstić information content (AvgIpc) is 2.97. The van der Waals surface area contributed by atoms with E-state index in [-0.39, 0.29) is 46.1 Å². The first-order valence-electron chi connectivity index (χ1n) is 8.60. The molecule has 2 aromatic rings. The predicted octanol–water partition coefficient (Wildman–Crippen LogP) is 0.725. The standard InChI is InChI=1S/C16H20ClFN6O2.ClH/c17-12-13-10(6-11(18)14(12)22-5-4-8(19)7-22)15(25)23(20)16(26)24(13)21-9-2-1-3-9;/h6,8-9,21H,1-5,7,19-20H2;1H. The second-order valence-electron chi connectivity index (χ2n) is 6.96. The topological polar surface area (TPSA) is 111 Å². The fourth-order valence-corrected chi connectivity index (χ4v) is 3.92. The van der Waals surface area contributed by atoms with Gasteiger partial charge in [0.2, 0.25) is 0 Å². The van der Waals surface area contributed by atoms with Crippen molar-refractivity contribution < 1.29 is 4.39 Å². The maximum atomic E-state index is 14.8. The molecule has 8 nitrogen and oxygen atoms in total. The van der Waals surface area contributed by atoms with Crippen molar-refractivity contribution in [3.63, 3.8) is 0 Å². The molecule has 0 radical (unpaired) electrons. The number of halogens is 3. The lowest BCUT2D eigenvalue weighted by atomic mass is 9.94. The third-order valence-corrected chi connectivity index (χ3v) is 5.55. The molecule has 1 aliphatic carbocycles. The Hall–Kier alpha value is -1.97. The number of rotatable bonds is 3. The van der Waals surface area contributed by atoms with E-state index in [1.165, 1.54) is 4.68 Å². The van der Waals surface area contributed by atoms with Gasteiger partial charge in [0.25, 0.3) is 5.56 Å². The molecule has 148 valence electrons. The van der Waals surface area contributed by atoms with Crippen molar-refractivity contribution >= 4 is 40.6 Å². The van der Waals surface area contributed by atoms with Crippen molar-refractivity contribution in [2.45, 2.75) is 37.8 Å². The van der Waals surface area contributed by atoms with Crippen LogP contribution < -0.4 is 33.2 Å². The van der Waals surface area contributed by atoms with E-state index in [0.717, 1.165) is 25.3 Å². The smallest absolute Gasteiger partial charge is 0.366 e. The number of nitrogens with two attached hydrogens (primary N) is 2. The summed E-state index contributed by atoms with van der Waals surface area (Å²) in [6, 6.07) is 1.09. The van der Waals surface area contributed by atoms with Crippen LogP contribution in [0.3, 0.4) is 0 Å². The molecule has 1 aromatic heterocycles. The summed E-state index contributed by atoms with van der Waals surface area (Å²) in [6.07, 6.45) is 3.55. The third kappa shape index (κ3) is 3.13. The summed E-state index contributed by atoms with van der Waals surface area (Å²) in [5, 5.41) is -0.0376. The summed E-state index contributed by atoms with van der Waals surface area (Å²) in [5.41, 5.74) is 7.75. The molecule has 11 heteroatoms. The van der Waals surface area contributed by atoms with Gasteiger partial charge >= 0.3 is 5.69 Å². The van der Waals surface area contributed by atoms with Gasteiger partial charge in [-0.15, -0.1) is 12.4 Å². The zero-order chi connectivity index (χ0) is 18.6. The highest BCUT2D eigenvalue weighted by Crippen LogP contribution is 2.36. The molecule has 2 fully saturated rings. The number of nitrogens with one attached hydrogen (secondary N) is 1. The number of nitrogen functional groups attached to an aromatic ring is 1.